The molecule has 2 rings (SSSR count). The van der Waals surface area contributed by atoms with Crippen molar-refractivity contribution >= 4 is 5.96 Å². The van der Waals surface area contributed by atoms with Gasteiger partial charge >= 0.3 is 0 Å². The van der Waals surface area contributed by atoms with E-state index in [1.165, 1.54) is 12.1 Å². The highest BCUT2D eigenvalue weighted by molar-refractivity contribution is 5.79. The van der Waals surface area contributed by atoms with Gasteiger partial charge in [-0.05, 0) is 50.5 Å². The summed E-state index contributed by atoms with van der Waals surface area (Å²) in [4.78, 5) is 18.6. The molecule has 0 amide bonds. The van der Waals surface area contributed by atoms with Crippen LogP contribution in [0.3, 0.4) is 0 Å². The quantitative estimate of drug-likeness (QED) is 0.440. The highest BCUT2D eigenvalue weighted by atomic mass is 19.1. The van der Waals surface area contributed by atoms with E-state index in [9.17, 15) is 9.18 Å². The van der Waals surface area contributed by atoms with E-state index in [-0.39, 0.29) is 11.4 Å². The molecule has 1 heterocycles. The van der Waals surface area contributed by atoms with Crippen LogP contribution in [0.1, 0.15) is 31.0 Å². The van der Waals surface area contributed by atoms with Crippen molar-refractivity contribution in [3.05, 3.63) is 69.9 Å². The first-order chi connectivity index (χ1) is 13.0. The number of aryl methyl sites for hydroxylation is 1. The van der Waals surface area contributed by atoms with Gasteiger partial charge in [0.05, 0.1) is 0 Å². The van der Waals surface area contributed by atoms with Crippen LogP contribution < -0.4 is 10.9 Å². The normalized spacial score (nSPS) is 11.5. The van der Waals surface area contributed by atoms with Crippen LogP contribution in [0.15, 0.2) is 52.3 Å². The molecule has 1 aromatic heterocycles. The molecule has 27 heavy (non-hydrogen) atoms. The number of aliphatic imine (C=N–C) groups is 1. The van der Waals surface area contributed by atoms with Gasteiger partial charge in [-0.15, -0.1) is 0 Å². The fourth-order valence-corrected chi connectivity index (χ4v) is 2.88. The first-order valence-corrected chi connectivity index (χ1v) is 9.41. The second kappa shape index (κ2) is 10.5. The van der Waals surface area contributed by atoms with Gasteiger partial charge in [0.2, 0.25) is 0 Å². The third-order valence-electron chi connectivity index (χ3n) is 4.35. The molecule has 0 aliphatic carbocycles. The van der Waals surface area contributed by atoms with Crippen LogP contribution in [-0.4, -0.2) is 35.6 Å². The number of rotatable bonds is 8. The van der Waals surface area contributed by atoms with Crippen LogP contribution in [0.4, 0.5) is 4.39 Å². The summed E-state index contributed by atoms with van der Waals surface area (Å²) in [6, 6.07) is 11.9. The average Bonchev–Trinajstić information content (AvgIpc) is 2.64. The number of nitrogens with zero attached hydrogens (tertiary/aromatic N) is 3. The van der Waals surface area contributed by atoms with Gasteiger partial charge in [0.25, 0.3) is 5.56 Å². The van der Waals surface area contributed by atoms with Crippen molar-refractivity contribution in [1.29, 1.82) is 0 Å². The first kappa shape index (κ1) is 20.7. The number of halogens is 1. The number of hydrogen-bond acceptors (Lipinski definition) is 2. The zero-order chi connectivity index (χ0) is 19.6. The largest absolute Gasteiger partial charge is 0.357 e. The molecule has 0 fully saturated rings. The molecular formula is C21H29FN4O. The lowest BCUT2D eigenvalue weighted by atomic mass is 10.2. The lowest BCUT2D eigenvalue weighted by molar-refractivity contribution is 0.475. The van der Waals surface area contributed by atoms with Crippen LogP contribution >= 0.6 is 0 Å². The van der Waals surface area contributed by atoms with Gasteiger partial charge in [-0.2, -0.15) is 0 Å². The molecule has 0 saturated carbocycles. The summed E-state index contributed by atoms with van der Waals surface area (Å²) >= 11 is 0. The Bertz CT molecular complexity index is 799. The fraction of sp³-hybridized carbons (Fsp3) is 0.429. The van der Waals surface area contributed by atoms with Crippen molar-refractivity contribution in [2.24, 2.45) is 4.99 Å². The first-order valence-electron chi connectivity index (χ1n) is 9.41. The van der Waals surface area contributed by atoms with Gasteiger partial charge in [0.1, 0.15) is 5.82 Å². The van der Waals surface area contributed by atoms with Crippen LogP contribution in [0.2, 0.25) is 0 Å². The molecule has 0 radical (unpaired) electrons. The molecule has 0 atom stereocenters. The Balaban J connectivity index is 1.87. The third kappa shape index (κ3) is 6.55. The topological polar surface area (TPSA) is 49.6 Å². The van der Waals surface area contributed by atoms with Gasteiger partial charge in [-0.3, -0.25) is 9.79 Å². The molecule has 0 aliphatic rings. The van der Waals surface area contributed by atoms with Gasteiger partial charge in [-0.1, -0.05) is 18.2 Å². The van der Waals surface area contributed by atoms with Gasteiger partial charge in [0.15, 0.2) is 5.96 Å². The fourth-order valence-electron chi connectivity index (χ4n) is 2.88. The Morgan fingerprint density at radius 1 is 1.19 bits per heavy atom. The van der Waals surface area contributed by atoms with Crippen LogP contribution in [0.5, 0.6) is 0 Å². The molecule has 1 N–H and O–H groups in total. The van der Waals surface area contributed by atoms with Crippen molar-refractivity contribution in [2.45, 2.75) is 39.8 Å². The number of benzene rings is 1. The average molecular weight is 372 g/mol. The van der Waals surface area contributed by atoms with E-state index in [4.69, 9.17) is 0 Å². The predicted octanol–water partition coefficient (Wildman–Crippen LogP) is 3.17. The van der Waals surface area contributed by atoms with Gasteiger partial charge < -0.3 is 14.8 Å². The van der Waals surface area contributed by atoms with E-state index in [2.05, 4.69) is 10.3 Å². The number of nitrogens with one attached hydrogen (secondary N) is 1. The summed E-state index contributed by atoms with van der Waals surface area (Å²) in [7, 11) is 1.97. The number of guanidine groups is 1. The van der Waals surface area contributed by atoms with Gasteiger partial charge in [-0.25, -0.2) is 4.39 Å². The maximum Gasteiger partial charge on any atom is 0.250 e. The molecule has 0 spiro atoms. The summed E-state index contributed by atoms with van der Waals surface area (Å²) in [5, 5.41) is 3.29. The third-order valence-corrected chi connectivity index (χ3v) is 4.35. The predicted molar refractivity (Wildman–Crippen MR) is 109 cm³/mol. The number of pyridine rings is 1. The SMILES string of the molecule is CCNC(=NCCCCn1c(C)cccc1=O)N(C)Cc1ccc(F)cc1. The van der Waals surface area contributed by atoms with E-state index in [0.717, 1.165) is 36.6 Å². The standard InChI is InChI=1S/C21H29FN4O/c1-4-23-21(25(3)16-18-10-12-19(22)13-11-18)24-14-5-6-15-26-17(2)8-7-9-20(26)27/h7-13H,4-6,14-16H2,1-3H3,(H,23,24). The van der Waals surface area contributed by atoms with E-state index in [1.54, 1.807) is 28.8 Å². The minimum absolute atomic E-state index is 0.0471. The molecule has 0 unspecified atom stereocenters. The maximum absolute atomic E-state index is 13.0. The maximum atomic E-state index is 13.0. The second-order valence-corrected chi connectivity index (χ2v) is 6.58. The molecule has 0 bridgehead atoms. The number of aromatic nitrogens is 1. The monoisotopic (exact) mass is 372 g/mol. The van der Waals surface area contributed by atoms with Crippen molar-refractivity contribution < 1.29 is 4.39 Å². The summed E-state index contributed by atoms with van der Waals surface area (Å²) < 4.78 is 14.8. The highest BCUT2D eigenvalue weighted by Crippen LogP contribution is 2.06. The Labute approximate surface area is 160 Å². The summed E-state index contributed by atoms with van der Waals surface area (Å²) in [6.07, 6.45) is 1.80. The molecule has 146 valence electrons. The zero-order valence-electron chi connectivity index (χ0n) is 16.4. The Hall–Kier alpha value is -2.63. The van der Waals surface area contributed by atoms with Crippen molar-refractivity contribution in [3.8, 4) is 0 Å². The zero-order valence-corrected chi connectivity index (χ0v) is 16.4. The van der Waals surface area contributed by atoms with E-state index in [1.807, 2.05) is 31.9 Å². The summed E-state index contributed by atoms with van der Waals surface area (Å²) in [6.45, 7) is 6.83. The molecular weight excluding hydrogens is 343 g/mol. The Kier molecular flexibility index (Phi) is 8.04. The molecule has 0 aliphatic heterocycles. The van der Waals surface area contributed by atoms with E-state index >= 15 is 0 Å². The smallest absolute Gasteiger partial charge is 0.250 e. The van der Waals surface area contributed by atoms with Crippen LogP contribution in [-0.2, 0) is 13.1 Å². The highest BCUT2D eigenvalue weighted by Gasteiger charge is 2.06. The second-order valence-electron chi connectivity index (χ2n) is 6.58. The Morgan fingerprint density at radius 3 is 2.59 bits per heavy atom. The Morgan fingerprint density at radius 2 is 1.93 bits per heavy atom. The molecule has 0 saturated heterocycles. The lowest BCUT2D eigenvalue weighted by Gasteiger charge is -2.22. The summed E-state index contributed by atoms with van der Waals surface area (Å²) in [5.41, 5.74) is 2.06. The van der Waals surface area contributed by atoms with Crippen molar-refractivity contribution in [2.75, 3.05) is 20.1 Å². The molecule has 6 heteroatoms. The molecule has 1 aromatic carbocycles. The van der Waals surface area contributed by atoms with E-state index in [0.29, 0.717) is 19.6 Å². The van der Waals surface area contributed by atoms with Crippen molar-refractivity contribution in [3.63, 3.8) is 0 Å². The number of unbranched alkanes of at least 4 members (excludes halogenated alkanes) is 1. The summed E-state index contributed by atoms with van der Waals surface area (Å²) in [5.74, 6) is 0.601. The van der Waals surface area contributed by atoms with Crippen LogP contribution in [0, 0.1) is 12.7 Å². The van der Waals surface area contributed by atoms with Gasteiger partial charge in [0, 0.05) is 45.0 Å². The lowest BCUT2D eigenvalue weighted by Crippen LogP contribution is -2.38. The molecule has 5 nitrogen and oxygen atoms in total. The molecule has 2 aromatic rings. The number of hydrogen-bond donors (Lipinski definition) is 1. The minimum Gasteiger partial charge on any atom is -0.357 e. The van der Waals surface area contributed by atoms with Crippen LogP contribution in [0.25, 0.3) is 0 Å². The minimum atomic E-state index is -0.227. The van der Waals surface area contributed by atoms with E-state index < -0.39 is 0 Å². The van der Waals surface area contributed by atoms with Crippen molar-refractivity contribution in [1.82, 2.24) is 14.8 Å².